The monoisotopic (exact) mass is 296 g/mol. The minimum Gasteiger partial charge on any atom is -0.347 e. The second kappa shape index (κ2) is 8.27. The van der Waals surface area contributed by atoms with Crippen molar-refractivity contribution in [3.63, 3.8) is 0 Å². The van der Waals surface area contributed by atoms with Gasteiger partial charge < -0.3 is 15.1 Å². The number of carbonyl (C=O) groups is 2. The lowest BCUT2D eigenvalue weighted by molar-refractivity contribution is -0.164. The highest BCUT2D eigenvalue weighted by molar-refractivity contribution is 7.51. The second-order valence-corrected chi connectivity index (χ2v) is 6.41. The number of hydroxylamine groups is 2. The Morgan fingerprint density at radius 1 is 1.32 bits per heavy atom. The van der Waals surface area contributed by atoms with Crippen molar-refractivity contribution in [1.29, 1.82) is 0 Å². The van der Waals surface area contributed by atoms with E-state index < -0.39 is 19.7 Å². The Morgan fingerprint density at radius 3 is 2.37 bits per heavy atom. The van der Waals surface area contributed by atoms with Crippen molar-refractivity contribution in [3.05, 3.63) is 0 Å². The van der Waals surface area contributed by atoms with Gasteiger partial charge in [0.15, 0.2) is 0 Å². The normalized spacial score (nSPS) is 11.5. The molecule has 9 heteroatoms. The predicted octanol–water partition coefficient (Wildman–Crippen LogP) is -0.0657. The smallest absolute Gasteiger partial charge is 0.325 e. The number of nitrogens with one attached hydrogen (secondary N) is 1. The van der Waals surface area contributed by atoms with Crippen LogP contribution >= 0.6 is 7.60 Å². The Balaban J connectivity index is 3.88. The molecule has 0 aliphatic carbocycles. The van der Waals surface area contributed by atoms with E-state index in [9.17, 15) is 19.4 Å². The van der Waals surface area contributed by atoms with Crippen molar-refractivity contribution in [2.24, 2.45) is 5.92 Å². The molecule has 0 radical (unpaired) electrons. The van der Waals surface area contributed by atoms with Crippen LogP contribution in [-0.2, 0) is 14.2 Å². The summed E-state index contributed by atoms with van der Waals surface area (Å²) in [5, 5.41) is 12.0. The van der Waals surface area contributed by atoms with E-state index in [2.05, 4.69) is 5.32 Å². The highest BCUT2D eigenvalue weighted by atomic mass is 31.2. The number of hydrogen-bond acceptors (Lipinski definition) is 4. The SMILES string of the molecule is CC(C)CC(=O)NCC(=O)N(O)CCCP(=O)(O)O. The van der Waals surface area contributed by atoms with Gasteiger partial charge >= 0.3 is 7.60 Å². The Kier molecular flexibility index (Phi) is 7.85. The van der Waals surface area contributed by atoms with Gasteiger partial charge in [-0.3, -0.25) is 19.4 Å². The van der Waals surface area contributed by atoms with Gasteiger partial charge in [-0.05, 0) is 12.3 Å². The Morgan fingerprint density at radius 2 is 1.89 bits per heavy atom. The standard InChI is InChI=1S/C10H21N2O6P/c1-8(2)6-9(13)11-7-10(14)12(15)4-3-5-19(16,17)18/h8,15H,3-7H2,1-2H3,(H,11,13)(H2,16,17,18). The molecule has 2 amide bonds. The lowest BCUT2D eigenvalue weighted by atomic mass is 10.1. The van der Waals surface area contributed by atoms with Gasteiger partial charge in [0, 0.05) is 13.0 Å². The van der Waals surface area contributed by atoms with Crippen LogP contribution in [0.3, 0.4) is 0 Å². The molecule has 0 saturated carbocycles. The van der Waals surface area contributed by atoms with E-state index >= 15 is 0 Å². The van der Waals surface area contributed by atoms with Crippen molar-refractivity contribution >= 4 is 19.4 Å². The van der Waals surface area contributed by atoms with Gasteiger partial charge in [0.05, 0.1) is 12.7 Å². The molecule has 0 aliphatic heterocycles. The molecule has 19 heavy (non-hydrogen) atoms. The third-order valence-corrected chi connectivity index (χ3v) is 3.04. The number of carbonyl (C=O) groups excluding carboxylic acids is 2. The first-order valence-electron chi connectivity index (χ1n) is 5.92. The fourth-order valence-corrected chi connectivity index (χ4v) is 1.81. The van der Waals surface area contributed by atoms with Gasteiger partial charge in [0.2, 0.25) is 5.91 Å². The highest BCUT2D eigenvalue weighted by Crippen LogP contribution is 2.34. The fraction of sp³-hybridized carbons (Fsp3) is 0.800. The molecule has 0 rings (SSSR count). The number of nitrogens with zero attached hydrogens (tertiary/aromatic N) is 1. The summed E-state index contributed by atoms with van der Waals surface area (Å²) in [5.74, 6) is -0.835. The lowest BCUT2D eigenvalue weighted by Crippen LogP contribution is -2.39. The number of rotatable bonds is 8. The molecule has 8 nitrogen and oxygen atoms in total. The molecule has 112 valence electrons. The maximum Gasteiger partial charge on any atom is 0.325 e. The maximum atomic E-state index is 11.4. The zero-order valence-electron chi connectivity index (χ0n) is 11.1. The van der Waals surface area contributed by atoms with Crippen LogP contribution in [0.2, 0.25) is 0 Å². The topological polar surface area (TPSA) is 127 Å². The van der Waals surface area contributed by atoms with Crippen molar-refractivity contribution in [1.82, 2.24) is 10.4 Å². The van der Waals surface area contributed by atoms with Crippen LogP contribution in [0.4, 0.5) is 0 Å². The molecule has 0 unspecified atom stereocenters. The molecule has 0 fully saturated rings. The first kappa shape index (κ1) is 18.0. The Hall–Kier alpha value is -0.950. The summed E-state index contributed by atoms with van der Waals surface area (Å²) < 4.78 is 10.6. The molecule has 4 N–H and O–H groups in total. The van der Waals surface area contributed by atoms with E-state index in [1.54, 1.807) is 0 Å². The van der Waals surface area contributed by atoms with Crippen molar-refractivity contribution < 1.29 is 29.1 Å². The molecule has 0 aromatic heterocycles. The molecule has 0 aromatic carbocycles. The molecule has 0 saturated heterocycles. The first-order chi connectivity index (χ1) is 8.61. The molecule has 0 aromatic rings. The summed E-state index contributed by atoms with van der Waals surface area (Å²) in [7, 11) is -4.12. The molecule has 0 bridgehead atoms. The highest BCUT2D eigenvalue weighted by Gasteiger charge is 2.16. The van der Waals surface area contributed by atoms with Crippen LogP contribution < -0.4 is 5.32 Å². The molecule has 0 spiro atoms. The third kappa shape index (κ3) is 10.6. The van der Waals surface area contributed by atoms with Gasteiger partial charge in [0.25, 0.3) is 5.91 Å². The van der Waals surface area contributed by atoms with Gasteiger partial charge in [-0.1, -0.05) is 13.8 Å². The summed E-state index contributed by atoms with van der Waals surface area (Å²) >= 11 is 0. The average molecular weight is 296 g/mol. The number of hydrogen-bond donors (Lipinski definition) is 4. The van der Waals surface area contributed by atoms with E-state index in [0.717, 1.165) is 0 Å². The van der Waals surface area contributed by atoms with Gasteiger partial charge in [0.1, 0.15) is 0 Å². The van der Waals surface area contributed by atoms with Crippen LogP contribution in [0.25, 0.3) is 0 Å². The Labute approximate surface area is 111 Å². The minimum atomic E-state index is -4.12. The largest absolute Gasteiger partial charge is 0.347 e. The fourth-order valence-electron chi connectivity index (χ4n) is 1.26. The quantitative estimate of drug-likeness (QED) is 0.282. The van der Waals surface area contributed by atoms with Crippen LogP contribution in [0.1, 0.15) is 26.7 Å². The van der Waals surface area contributed by atoms with E-state index in [4.69, 9.17) is 9.79 Å². The molecule has 0 atom stereocenters. The molecular formula is C10H21N2O6P. The van der Waals surface area contributed by atoms with Gasteiger partial charge in [-0.15, -0.1) is 0 Å². The summed E-state index contributed by atoms with van der Waals surface area (Å²) in [6.45, 7) is 3.20. The summed E-state index contributed by atoms with van der Waals surface area (Å²) in [6, 6.07) is 0. The van der Waals surface area contributed by atoms with Crippen LogP contribution in [0.15, 0.2) is 0 Å². The zero-order chi connectivity index (χ0) is 15.1. The maximum absolute atomic E-state index is 11.4. The average Bonchev–Trinajstić information content (AvgIpc) is 2.22. The summed E-state index contributed by atoms with van der Waals surface area (Å²) in [6.07, 6.45) is -0.138. The van der Waals surface area contributed by atoms with Crippen molar-refractivity contribution in [2.45, 2.75) is 26.7 Å². The van der Waals surface area contributed by atoms with Crippen molar-refractivity contribution in [2.75, 3.05) is 19.3 Å². The molecule has 0 heterocycles. The van der Waals surface area contributed by atoms with E-state index in [1.807, 2.05) is 13.8 Å². The minimum absolute atomic E-state index is 0.0214. The Bertz CT molecular complexity index is 354. The second-order valence-electron chi connectivity index (χ2n) is 4.63. The van der Waals surface area contributed by atoms with Gasteiger partial charge in [-0.2, -0.15) is 0 Å². The van der Waals surface area contributed by atoms with Crippen molar-refractivity contribution in [3.8, 4) is 0 Å². The lowest BCUT2D eigenvalue weighted by Gasteiger charge is -2.15. The van der Waals surface area contributed by atoms with E-state index in [1.165, 1.54) is 0 Å². The van der Waals surface area contributed by atoms with Crippen LogP contribution in [0, 0.1) is 5.92 Å². The van der Waals surface area contributed by atoms with Crippen LogP contribution in [-0.4, -0.2) is 51.1 Å². The predicted molar refractivity (Wildman–Crippen MR) is 67.5 cm³/mol. The molecular weight excluding hydrogens is 275 g/mol. The van der Waals surface area contributed by atoms with E-state index in [0.29, 0.717) is 5.06 Å². The summed E-state index contributed by atoms with van der Waals surface area (Å²) in [5.41, 5.74) is 0. The summed E-state index contributed by atoms with van der Waals surface area (Å²) in [4.78, 5) is 39.8. The third-order valence-electron chi connectivity index (χ3n) is 2.14. The molecule has 0 aliphatic rings. The van der Waals surface area contributed by atoms with Gasteiger partial charge in [-0.25, -0.2) is 5.06 Å². The van der Waals surface area contributed by atoms with E-state index in [-0.39, 0.29) is 37.8 Å². The van der Waals surface area contributed by atoms with Crippen LogP contribution in [0.5, 0.6) is 0 Å². The zero-order valence-corrected chi connectivity index (χ0v) is 12.0. The first-order valence-corrected chi connectivity index (χ1v) is 7.72. The number of amides is 2.